The van der Waals surface area contributed by atoms with E-state index in [-0.39, 0.29) is 23.2 Å². The van der Waals surface area contributed by atoms with Gasteiger partial charge in [-0.1, -0.05) is 6.07 Å². The molecule has 1 saturated heterocycles. The molecule has 4 aromatic rings. The maximum absolute atomic E-state index is 14.8. The van der Waals surface area contributed by atoms with Gasteiger partial charge in [0.1, 0.15) is 17.3 Å². The third kappa shape index (κ3) is 5.05. The largest absolute Gasteiger partial charge is 0.309 e. The number of hydrogen-bond acceptors (Lipinski definition) is 7. The number of benzene rings is 1. The van der Waals surface area contributed by atoms with Crippen LogP contribution in [0.3, 0.4) is 0 Å². The highest BCUT2D eigenvalue weighted by Crippen LogP contribution is 2.29. The Bertz CT molecular complexity index is 1380. The molecule has 1 aliphatic heterocycles. The molecule has 0 aliphatic carbocycles. The van der Waals surface area contributed by atoms with Crippen molar-refractivity contribution in [2.24, 2.45) is 0 Å². The quantitative estimate of drug-likeness (QED) is 0.405. The summed E-state index contributed by atoms with van der Waals surface area (Å²) < 4.78 is 31.2. The summed E-state index contributed by atoms with van der Waals surface area (Å²) in [7, 11) is 0. The molecule has 3 aromatic heterocycles. The first-order chi connectivity index (χ1) is 17.2. The van der Waals surface area contributed by atoms with E-state index in [4.69, 9.17) is 0 Å². The highest BCUT2D eigenvalue weighted by Gasteiger charge is 2.25. The van der Waals surface area contributed by atoms with Gasteiger partial charge in [-0.2, -0.15) is 5.10 Å². The van der Waals surface area contributed by atoms with Crippen LogP contribution in [0.15, 0.2) is 42.9 Å². The Hall–Kier alpha value is -3.50. The lowest BCUT2D eigenvalue weighted by molar-refractivity contribution is 0.148. The zero-order chi connectivity index (χ0) is 25.4. The number of hydrogen-bond donors (Lipinski definition) is 2. The first-order valence-corrected chi connectivity index (χ1v) is 12.1. The average molecular weight is 493 g/mol. The summed E-state index contributed by atoms with van der Waals surface area (Å²) in [5.41, 5.74) is 2.09. The fourth-order valence-corrected chi connectivity index (χ4v) is 4.63. The fourth-order valence-electron chi connectivity index (χ4n) is 4.63. The van der Waals surface area contributed by atoms with Gasteiger partial charge in [-0.15, -0.1) is 0 Å². The van der Waals surface area contributed by atoms with Crippen molar-refractivity contribution in [3.63, 3.8) is 0 Å². The first kappa shape index (κ1) is 24.2. The predicted molar refractivity (Wildman–Crippen MR) is 136 cm³/mol. The van der Waals surface area contributed by atoms with Crippen LogP contribution in [0.25, 0.3) is 22.2 Å². The lowest BCUT2D eigenvalue weighted by atomic mass is 10.0. The van der Waals surface area contributed by atoms with Gasteiger partial charge in [-0.3, -0.25) is 9.58 Å². The van der Waals surface area contributed by atoms with Crippen molar-refractivity contribution in [1.82, 2.24) is 34.9 Å². The monoisotopic (exact) mass is 492 g/mol. The van der Waals surface area contributed by atoms with E-state index in [2.05, 4.69) is 49.4 Å². The van der Waals surface area contributed by atoms with E-state index >= 15 is 0 Å². The summed E-state index contributed by atoms with van der Waals surface area (Å²) in [5, 5.41) is 11.2. The van der Waals surface area contributed by atoms with E-state index in [9.17, 15) is 8.78 Å². The highest BCUT2D eigenvalue weighted by atomic mass is 19.1. The van der Waals surface area contributed by atoms with E-state index in [1.807, 2.05) is 32.2 Å². The van der Waals surface area contributed by atoms with Crippen molar-refractivity contribution < 1.29 is 8.78 Å². The van der Waals surface area contributed by atoms with Crippen molar-refractivity contribution >= 4 is 22.7 Å². The highest BCUT2D eigenvalue weighted by molar-refractivity contribution is 5.84. The number of nitrogens with one attached hydrogen (secondary N) is 2. The van der Waals surface area contributed by atoms with Crippen LogP contribution in [0.4, 0.5) is 20.5 Å². The number of nitrogens with zero attached hydrogens (tertiary/aromatic N) is 6. The topological polar surface area (TPSA) is 83.8 Å². The van der Waals surface area contributed by atoms with E-state index in [0.29, 0.717) is 22.3 Å². The second-order valence-electron chi connectivity index (χ2n) is 10.2. The van der Waals surface area contributed by atoms with Crippen LogP contribution in [0, 0.1) is 11.6 Å². The minimum atomic E-state index is -0.642. The second kappa shape index (κ2) is 9.51. The van der Waals surface area contributed by atoms with Crippen molar-refractivity contribution in [2.75, 3.05) is 25.0 Å². The van der Waals surface area contributed by atoms with E-state index < -0.39 is 11.6 Å². The maximum atomic E-state index is 14.8. The molecule has 0 radical (unpaired) electrons. The lowest BCUT2D eigenvalue weighted by Crippen LogP contribution is -2.56. The third-order valence-electron chi connectivity index (χ3n) is 6.29. The fraction of sp³-hybridized carbons (Fsp3) is 0.385. The molecule has 36 heavy (non-hydrogen) atoms. The van der Waals surface area contributed by atoms with Gasteiger partial charge in [-0.05, 0) is 51.5 Å². The molecule has 1 aromatic carbocycles. The van der Waals surface area contributed by atoms with Crippen LogP contribution in [0.2, 0.25) is 0 Å². The summed E-state index contributed by atoms with van der Waals surface area (Å²) in [6, 6.07) is 6.85. The van der Waals surface area contributed by atoms with Crippen molar-refractivity contribution in [2.45, 2.75) is 45.8 Å². The lowest BCUT2D eigenvalue weighted by Gasteiger charge is -2.39. The maximum Gasteiger partial charge on any atom is 0.229 e. The molecule has 188 valence electrons. The molecule has 2 N–H and O–H groups in total. The molecule has 1 fully saturated rings. The standard InChI is InChI=1S/C26H30F2N8/c1-16(2)36-22-10-18(9-20(27)19(22)12-32-36)24-21(28)13-30-25(34-24)33-23-6-5-17(11-29-23)14-35-8-7-31-26(3,4)15-35/h5-6,9-13,16,31H,7-8,14-15H2,1-4H3,(H,29,30,33,34). The van der Waals surface area contributed by atoms with E-state index in [1.54, 1.807) is 10.7 Å². The molecular formula is C26H30F2N8. The molecule has 8 nitrogen and oxygen atoms in total. The minimum absolute atomic E-state index is 0.00255. The molecule has 5 rings (SSSR count). The van der Waals surface area contributed by atoms with Crippen molar-refractivity contribution in [1.29, 1.82) is 0 Å². The number of halogens is 2. The second-order valence-corrected chi connectivity index (χ2v) is 10.2. The molecule has 1 aliphatic rings. The van der Waals surface area contributed by atoms with Crippen molar-refractivity contribution in [3.8, 4) is 11.3 Å². The smallest absolute Gasteiger partial charge is 0.229 e. The Morgan fingerprint density at radius 1 is 1.08 bits per heavy atom. The van der Waals surface area contributed by atoms with Crippen LogP contribution in [-0.4, -0.2) is 54.8 Å². The summed E-state index contributed by atoms with van der Waals surface area (Å²) in [5.74, 6) is -0.408. The molecule has 0 amide bonds. The molecule has 0 atom stereocenters. The third-order valence-corrected chi connectivity index (χ3v) is 6.29. The molecular weight excluding hydrogens is 462 g/mol. The van der Waals surface area contributed by atoms with E-state index in [0.717, 1.165) is 37.9 Å². The van der Waals surface area contributed by atoms with Gasteiger partial charge in [0.25, 0.3) is 0 Å². The Balaban J connectivity index is 1.36. The number of pyridine rings is 1. The van der Waals surface area contributed by atoms with Crippen molar-refractivity contribution in [3.05, 3.63) is 60.1 Å². The molecule has 0 unspecified atom stereocenters. The SMILES string of the molecule is CC(C)n1ncc2c(F)cc(-c3nc(Nc4ccc(CN5CCNC(C)(C)C5)cn4)ncc3F)cc21. The minimum Gasteiger partial charge on any atom is -0.309 e. The van der Waals surface area contributed by atoms with Gasteiger partial charge in [0.2, 0.25) is 5.95 Å². The number of fused-ring (bicyclic) bond motifs is 1. The van der Waals surface area contributed by atoms with Gasteiger partial charge in [0.05, 0.1) is 23.3 Å². The molecule has 0 bridgehead atoms. The zero-order valence-electron chi connectivity index (χ0n) is 20.9. The average Bonchev–Trinajstić information content (AvgIpc) is 3.26. The van der Waals surface area contributed by atoms with Crippen LogP contribution in [0.5, 0.6) is 0 Å². The normalized spacial score (nSPS) is 16.1. The zero-order valence-corrected chi connectivity index (χ0v) is 20.9. The summed E-state index contributed by atoms with van der Waals surface area (Å²) in [4.78, 5) is 15.3. The van der Waals surface area contributed by atoms with Gasteiger partial charge < -0.3 is 10.6 Å². The van der Waals surface area contributed by atoms with Gasteiger partial charge >= 0.3 is 0 Å². The van der Waals surface area contributed by atoms with Crippen LogP contribution in [0.1, 0.15) is 39.3 Å². The van der Waals surface area contributed by atoms with Crippen LogP contribution in [-0.2, 0) is 6.54 Å². The van der Waals surface area contributed by atoms with Crippen LogP contribution >= 0.6 is 0 Å². The van der Waals surface area contributed by atoms with Gasteiger partial charge in [-0.25, -0.2) is 23.7 Å². The molecule has 0 spiro atoms. The predicted octanol–water partition coefficient (Wildman–Crippen LogP) is 4.67. The Morgan fingerprint density at radius 3 is 2.64 bits per heavy atom. The summed E-state index contributed by atoms with van der Waals surface area (Å²) in [6.45, 7) is 12.0. The molecule has 0 saturated carbocycles. The number of piperazine rings is 1. The van der Waals surface area contributed by atoms with Crippen LogP contribution < -0.4 is 10.6 Å². The van der Waals surface area contributed by atoms with E-state index in [1.165, 1.54) is 12.3 Å². The number of rotatable bonds is 6. The number of anilines is 2. The molecule has 10 heteroatoms. The summed E-state index contributed by atoms with van der Waals surface area (Å²) in [6.07, 6.45) is 4.38. The Morgan fingerprint density at radius 2 is 1.92 bits per heavy atom. The van der Waals surface area contributed by atoms with Gasteiger partial charge in [0, 0.05) is 49.5 Å². The van der Waals surface area contributed by atoms with Gasteiger partial charge in [0.15, 0.2) is 5.82 Å². The molecule has 4 heterocycles. The Labute approximate surface area is 208 Å². The summed E-state index contributed by atoms with van der Waals surface area (Å²) >= 11 is 0. The number of aromatic nitrogens is 5. The Kier molecular flexibility index (Phi) is 6.40. The first-order valence-electron chi connectivity index (χ1n) is 12.1.